The molecule has 0 fully saturated rings. The Morgan fingerprint density at radius 1 is 0.833 bits per heavy atom. The molecule has 0 aliphatic heterocycles. The minimum Gasteiger partial charge on any atom is -0.378 e. The van der Waals surface area contributed by atoms with Gasteiger partial charge < -0.3 is 4.74 Å². The van der Waals surface area contributed by atoms with Gasteiger partial charge in [0, 0.05) is 0 Å². The molecule has 0 aliphatic carbocycles. The van der Waals surface area contributed by atoms with E-state index in [1.54, 1.807) is 0 Å². The molecule has 0 spiro atoms. The predicted octanol–water partition coefficient (Wildman–Crippen LogP) is 3.88. The summed E-state index contributed by atoms with van der Waals surface area (Å²) in [6, 6.07) is 21.0. The van der Waals surface area contributed by atoms with E-state index in [-0.39, 0.29) is 6.10 Å². The Kier molecular flexibility index (Phi) is 4.98. The zero-order chi connectivity index (χ0) is 12.6. The third-order valence-corrected chi connectivity index (χ3v) is 3.00. The minimum atomic E-state index is 0.274. The van der Waals surface area contributed by atoms with Crippen molar-refractivity contribution in [3.63, 3.8) is 0 Å². The lowest BCUT2D eigenvalue weighted by Crippen LogP contribution is -2.13. The summed E-state index contributed by atoms with van der Waals surface area (Å²) in [5.74, 6) is 0. The molecule has 0 heterocycles. The number of rotatable bonds is 6. The average molecular weight is 240 g/mol. The van der Waals surface area contributed by atoms with Gasteiger partial charge in [-0.2, -0.15) is 0 Å². The Bertz CT molecular complexity index is 436. The topological polar surface area (TPSA) is 9.23 Å². The lowest BCUT2D eigenvalue weighted by Gasteiger charge is -2.13. The zero-order valence-corrected chi connectivity index (χ0v) is 10.9. The second-order valence-electron chi connectivity index (χ2n) is 4.61. The molecule has 1 unspecified atom stereocenters. The van der Waals surface area contributed by atoms with E-state index in [0.717, 1.165) is 19.4 Å². The van der Waals surface area contributed by atoms with Crippen LogP contribution >= 0.6 is 0 Å². The van der Waals surface area contributed by atoms with Gasteiger partial charge in [0.25, 0.3) is 0 Å². The van der Waals surface area contributed by atoms with Crippen LogP contribution in [0.5, 0.6) is 0 Å². The first kappa shape index (κ1) is 12.8. The average Bonchev–Trinajstić information content (AvgIpc) is 2.41. The summed E-state index contributed by atoms with van der Waals surface area (Å²) in [5.41, 5.74) is 2.68. The Hall–Kier alpha value is -1.60. The first-order valence-electron chi connectivity index (χ1n) is 6.54. The summed E-state index contributed by atoms with van der Waals surface area (Å²) in [6.45, 7) is 2.93. The molecule has 0 amide bonds. The van der Waals surface area contributed by atoms with Gasteiger partial charge in [-0.05, 0) is 30.9 Å². The summed E-state index contributed by atoms with van der Waals surface area (Å²) in [5, 5.41) is 0. The Morgan fingerprint density at radius 3 is 2.00 bits per heavy atom. The third-order valence-electron chi connectivity index (χ3n) is 3.00. The molecule has 94 valence electrons. The number of benzene rings is 2. The molecule has 0 N–H and O–H groups in total. The van der Waals surface area contributed by atoms with Gasteiger partial charge in [-0.3, -0.25) is 0 Å². The van der Waals surface area contributed by atoms with Crippen LogP contribution in [0.15, 0.2) is 60.7 Å². The van der Waals surface area contributed by atoms with Crippen LogP contribution in [0.4, 0.5) is 0 Å². The van der Waals surface area contributed by atoms with Crippen LogP contribution in [0.1, 0.15) is 18.1 Å². The molecule has 2 aromatic rings. The lowest BCUT2D eigenvalue weighted by molar-refractivity contribution is 0.0687. The van der Waals surface area contributed by atoms with Crippen LogP contribution in [-0.2, 0) is 17.6 Å². The molecular weight excluding hydrogens is 220 g/mol. The highest BCUT2D eigenvalue weighted by Gasteiger charge is 2.03. The quantitative estimate of drug-likeness (QED) is 0.744. The molecular formula is C17H20O. The van der Waals surface area contributed by atoms with Gasteiger partial charge >= 0.3 is 0 Å². The predicted molar refractivity (Wildman–Crippen MR) is 75.7 cm³/mol. The van der Waals surface area contributed by atoms with Crippen molar-refractivity contribution in [3.05, 3.63) is 71.8 Å². The van der Waals surface area contributed by atoms with Crippen LogP contribution in [0.3, 0.4) is 0 Å². The van der Waals surface area contributed by atoms with Crippen molar-refractivity contribution in [2.45, 2.75) is 25.9 Å². The molecule has 1 atom stereocenters. The molecule has 0 aliphatic rings. The fourth-order valence-electron chi connectivity index (χ4n) is 2.03. The van der Waals surface area contributed by atoms with Crippen molar-refractivity contribution >= 4 is 0 Å². The molecule has 2 aromatic carbocycles. The highest BCUT2D eigenvalue weighted by molar-refractivity contribution is 5.16. The largest absolute Gasteiger partial charge is 0.378 e. The third kappa shape index (κ3) is 4.34. The summed E-state index contributed by atoms with van der Waals surface area (Å²) >= 11 is 0. The number of hydrogen-bond acceptors (Lipinski definition) is 1. The monoisotopic (exact) mass is 240 g/mol. The highest BCUT2D eigenvalue weighted by Crippen LogP contribution is 2.07. The molecule has 0 saturated carbocycles. The van der Waals surface area contributed by atoms with E-state index in [1.807, 2.05) is 12.1 Å². The maximum atomic E-state index is 5.85. The standard InChI is InChI=1S/C17H20O/c1-15(14-17-10-6-3-7-11-17)18-13-12-16-8-4-2-5-9-16/h2-11,15H,12-14H2,1H3. The second kappa shape index (κ2) is 6.97. The minimum absolute atomic E-state index is 0.274. The van der Waals surface area contributed by atoms with Crippen molar-refractivity contribution in [2.24, 2.45) is 0 Å². The maximum absolute atomic E-state index is 5.85. The Labute approximate surface area is 109 Å². The van der Waals surface area contributed by atoms with Gasteiger partial charge in [0.2, 0.25) is 0 Å². The zero-order valence-electron chi connectivity index (χ0n) is 10.9. The molecule has 1 nitrogen and oxygen atoms in total. The van der Waals surface area contributed by atoms with E-state index >= 15 is 0 Å². The first-order chi connectivity index (χ1) is 8.84. The molecule has 2 rings (SSSR count). The van der Waals surface area contributed by atoms with Crippen LogP contribution < -0.4 is 0 Å². The molecule has 0 saturated heterocycles. The molecule has 1 heteroatoms. The van der Waals surface area contributed by atoms with Gasteiger partial charge in [-0.25, -0.2) is 0 Å². The fourth-order valence-corrected chi connectivity index (χ4v) is 2.03. The van der Waals surface area contributed by atoms with Crippen molar-refractivity contribution in [1.82, 2.24) is 0 Å². The molecule has 18 heavy (non-hydrogen) atoms. The van der Waals surface area contributed by atoms with E-state index in [0.29, 0.717) is 0 Å². The van der Waals surface area contributed by atoms with E-state index in [4.69, 9.17) is 4.74 Å². The fraction of sp³-hybridized carbons (Fsp3) is 0.294. The van der Waals surface area contributed by atoms with Crippen molar-refractivity contribution in [3.8, 4) is 0 Å². The van der Waals surface area contributed by atoms with Crippen LogP contribution in [0.25, 0.3) is 0 Å². The van der Waals surface area contributed by atoms with E-state index in [9.17, 15) is 0 Å². The Balaban J connectivity index is 1.71. The van der Waals surface area contributed by atoms with Crippen molar-refractivity contribution in [2.75, 3.05) is 6.61 Å². The van der Waals surface area contributed by atoms with E-state index in [1.165, 1.54) is 11.1 Å². The number of hydrogen-bond donors (Lipinski definition) is 0. The summed E-state index contributed by atoms with van der Waals surface area (Å²) in [6.07, 6.45) is 2.24. The van der Waals surface area contributed by atoms with E-state index in [2.05, 4.69) is 55.5 Å². The van der Waals surface area contributed by atoms with Gasteiger partial charge in [0.05, 0.1) is 12.7 Å². The molecule has 0 bridgehead atoms. The summed E-state index contributed by atoms with van der Waals surface area (Å²) in [4.78, 5) is 0. The number of ether oxygens (including phenoxy) is 1. The SMILES string of the molecule is CC(Cc1ccccc1)OCCc1ccccc1. The smallest absolute Gasteiger partial charge is 0.0587 e. The van der Waals surface area contributed by atoms with Crippen LogP contribution in [-0.4, -0.2) is 12.7 Å². The van der Waals surface area contributed by atoms with Crippen LogP contribution in [0, 0.1) is 0 Å². The van der Waals surface area contributed by atoms with Crippen molar-refractivity contribution in [1.29, 1.82) is 0 Å². The van der Waals surface area contributed by atoms with Gasteiger partial charge in [0.15, 0.2) is 0 Å². The molecule has 0 radical (unpaired) electrons. The summed E-state index contributed by atoms with van der Waals surface area (Å²) in [7, 11) is 0. The normalized spacial score (nSPS) is 12.3. The highest BCUT2D eigenvalue weighted by atomic mass is 16.5. The van der Waals surface area contributed by atoms with Gasteiger partial charge in [0.1, 0.15) is 0 Å². The van der Waals surface area contributed by atoms with Crippen molar-refractivity contribution < 1.29 is 4.74 Å². The van der Waals surface area contributed by atoms with Gasteiger partial charge in [-0.1, -0.05) is 60.7 Å². The Morgan fingerprint density at radius 2 is 1.39 bits per heavy atom. The lowest BCUT2D eigenvalue weighted by atomic mass is 10.1. The second-order valence-corrected chi connectivity index (χ2v) is 4.61. The van der Waals surface area contributed by atoms with E-state index < -0.39 is 0 Å². The molecule has 0 aromatic heterocycles. The first-order valence-corrected chi connectivity index (χ1v) is 6.54. The van der Waals surface area contributed by atoms with Gasteiger partial charge in [-0.15, -0.1) is 0 Å². The summed E-state index contributed by atoms with van der Waals surface area (Å²) < 4.78 is 5.85. The maximum Gasteiger partial charge on any atom is 0.0587 e. The van der Waals surface area contributed by atoms with Crippen LogP contribution in [0.2, 0.25) is 0 Å².